The van der Waals surface area contributed by atoms with E-state index in [9.17, 15) is 0 Å². The largest absolute Gasteiger partial charge is 0.379 e. The predicted molar refractivity (Wildman–Crippen MR) is 121 cm³/mol. The van der Waals surface area contributed by atoms with Crippen LogP contribution in [0.4, 0.5) is 5.82 Å². The SMILES string of the molecule is Cc1sc2nc(CN3CCOCC3)nc(NCC3(N(C)C)CCCCC3)c2c1C. The Morgan fingerprint density at radius 2 is 1.83 bits per heavy atom. The Kier molecular flexibility index (Phi) is 6.39. The van der Waals surface area contributed by atoms with Gasteiger partial charge in [-0.15, -0.1) is 11.3 Å². The van der Waals surface area contributed by atoms with E-state index < -0.39 is 0 Å². The molecule has 0 amide bonds. The summed E-state index contributed by atoms with van der Waals surface area (Å²) in [4.78, 5) is 17.2. The lowest BCUT2D eigenvalue weighted by Crippen LogP contribution is -2.51. The van der Waals surface area contributed by atoms with Crippen LogP contribution in [0.25, 0.3) is 10.2 Å². The summed E-state index contributed by atoms with van der Waals surface area (Å²) >= 11 is 1.79. The van der Waals surface area contributed by atoms with Crippen LogP contribution in [0.2, 0.25) is 0 Å². The predicted octanol–water partition coefficient (Wildman–Crippen LogP) is 3.82. The zero-order valence-corrected chi connectivity index (χ0v) is 19.2. The normalized spacial score (nSPS) is 20.4. The number of fused-ring (bicyclic) bond motifs is 1. The maximum atomic E-state index is 5.49. The summed E-state index contributed by atoms with van der Waals surface area (Å²) in [7, 11) is 4.46. The minimum absolute atomic E-state index is 0.221. The fraction of sp³-hybridized carbons (Fsp3) is 0.727. The van der Waals surface area contributed by atoms with Crippen molar-refractivity contribution in [2.45, 2.75) is 58.0 Å². The molecule has 1 aliphatic heterocycles. The van der Waals surface area contributed by atoms with Crippen molar-refractivity contribution < 1.29 is 4.74 Å². The van der Waals surface area contributed by atoms with Crippen LogP contribution in [0, 0.1) is 13.8 Å². The van der Waals surface area contributed by atoms with E-state index in [2.05, 4.69) is 43.1 Å². The molecular formula is C22H35N5OS. The molecule has 4 rings (SSSR count). The molecule has 0 bridgehead atoms. The maximum Gasteiger partial charge on any atom is 0.146 e. The number of nitrogens with one attached hydrogen (secondary N) is 1. The molecular weight excluding hydrogens is 382 g/mol. The molecule has 0 atom stereocenters. The lowest BCUT2D eigenvalue weighted by molar-refractivity contribution is 0.0331. The number of morpholine rings is 1. The molecule has 3 heterocycles. The van der Waals surface area contributed by atoms with Crippen molar-refractivity contribution in [1.82, 2.24) is 19.8 Å². The number of likely N-dealkylation sites (N-methyl/N-ethyl adjacent to an activating group) is 1. The number of nitrogens with zero attached hydrogens (tertiary/aromatic N) is 4. The fourth-order valence-electron chi connectivity index (χ4n) is 4.69. The third-order valence-electron chi connectivity index (χ3n) is 6.86. The molecule has 0 unspecified atom stereocenters. The van der Waals surface area contributed by atoms with Gasteiger partial charge < -0.3 is 15.0 Å². The highest BCUT2D eigenvalue weighted by Gasteiger charge is 2.34. The summed E-state index contributed by atoms with van der Waals surface area (Å²) in [6.45, 7) is 9.64. The zero-order valence-electron chi connectivity index (χ0n) is 18.4. The molecule has 0 aromatic carbocycles. The molecule has 160 valence electrons. The Labute approximate surface area is 178 Å². The average Bonchev–Trinajstić information content (AvgIpc) is 3.01. The lowest BCUT2D eigenvalue weighted by Gasteiger charge is -2.43. The highest BCUT2D eigenvalue weighted by Crippen LogP contribution is 2.36. The lowest BCUT2D eigenvalue weighted by atomic mass is 9.80. The van der Waals surface area contributed by atoms with Gasteiger partial charge in [0.15, 0.2) is 0 Å². The second kappa shape index (κ2) is 8.84. The Hall–Kier alpha value is -1.28. The topological polar surface area (TPSA) is 53.5 Å². The highest BCUT2D eigenvalue weighted by atomic mass is 32.1. The van der Waals surface area contributed by atoms with Crippen molar-refractivity contribution in [2.75, 3.05) is 52.3 Å². The van der Waals surface area contributed by atoms with Gasteiger partial charge in [-0.3, -0.25) is 4.90 Å². The highest BCUT2D eigenvalue weighted by molar-refractivity contribution is 7.18. The molecule has 1 N–H and O–H groups in total. The monoisotopic (exact) mass is 417 g/mol. The second-order valence-corrected chi connectivity index (χ2v) is 10.1. The Morgan fingerprint density at radius 1 is 1.10 bits per heavy atom. The smallest absolute Gasteiger partial charge is 0.146 e. The molecule has 0 spiro atoms. The Bertz CT molecular complexity index is 837. The summed E-state index contributed by atoms with van der Waals surface area (Å²) < 4.78 is 5.49. The molecule has 2 aromatic heterocycles. The maximum absolute atomic E-state index is 5.49. The first-order valence-electron chi connectivity index (χ1n) is 11.0. The van der Waals surface area contributed by atoms with Gasteiger partial charge in [0.25, 0.3) is 0 Å². The van der Waals surface area contributed by atoms with Crippen LogP contribution in [-0.2, 0) is 11.3 Å². The van der Waals surface area contributed by atoms with Gasteiger partial charge in [-0.1, -0.05) is 19.3 Å². The van der Waals surface area contributed by atoms with Gasteiger partial charge in [0.1, 0.15) is 16.5 Å². The molecule has 1 saturated heterocycles. The molecule has 1 saturated carbocycles. The second-order valence-electron chi connectivity index (χ2n) is 8.87. The fourth-order valence-corrected chi connectivity index (χ4v) is 5.74. The van der Waals surface area contributed by atoms with Crippen LogP contribution in [0.5, 0.6) is 0 Å². The molecule has 2 aliphatic rings. The van der Waals surface area contributed by atoms with Gasteiger partial charge in [-0.05, 0) is 46.3 Å². The van der Waals surface area contributed by atoms with E-state index >= 15 is 0 Å². The van der Waals surface area contributed by atoms with Gasteiger partial charge >= 0.3 is 0 Å². The van der Waals surface area contributed by atoms with Gasteiger partial charge in [-0.25, -0.2) is 9.97 Å². The van der Waals surface area contributed by atoms with E-state index in [0.717, 1.165) is 55.9 Å². The van der Waals surface area contributed by atoms with Crippen molar-refractivity contribution in [2.24, 2.45) is 0 Å². The summed E-state index contributed by atoms with van der Waals surface area (Å²) in [5.41, 5.74) is 1.53. The van der Waals surface area contributed by atoms with Crippen molar-refractivity contribution >= 4 is 27.4 Å². The van der Waals surface area contributed by atoms with Gasteiger partial charge in [0.2, 0.25) is 0 Å². The van der Waals surface area contributed by atoms with Crippen molar-refractivity contribution in [3.05, 3.63) is 16.3 Å². The van der Waals surface area contributed by atoms with Crippen LogP contribution >= 0.6 is 11.3 Å². The van der Waals surface area contributed by atoms with E-state index in [-0.39, 0.29) is 5.54 Å². The number of rotatable bonds is 6. The van der Waals surface area contributed by atoms with E-state index in [1.54, 1.807) is 11.3 Å². The molecule has 2 fully saturated rings. The third-order valence-corrected chi connectivity index (χ3v) is 7.96. The summed E-state index contributed by atoms with van der Waals surface area (Å²) in [6.07, 6.45) is 6.50. The summed E-state index contributed by atoms with van der Waals surface area (Å²) in [6, 6.07) is 0. The number of hydrogen-bond acceptors (Lipinski definition) is 7. The number of ether oxygens (including phenoxy) is 1. The number of aryl methyl sites for hydroxylation is 2. The quantitative estimate of drug-likeness (QED) is 0.771. The zero-order chi connectivity index (χ0) is 20.4. The first-order chi connectivity index (χ1) is 14.0. The van der Waals surface area contributed by atoms with Gasteiger partial charge in [-0.2, -0.15) is 0 Å². The van der Waals surface area contributed by atoms with Crippen LogP contribution in [0.3, 0.4) is 0 Å². The molecule has 0 radical (unpaired) electrons. The van der Waals surface area contributed by atoms with Crippen LogP contribution in [0.15, 0.2) is 0 Å². The van der Waals surface area contributed by atoms with E-state index in [1.807, 2.05) is 0 Å². The third kappa shape index (κ3) is 4.43. The molecule has 6 nitrogen and oxygen atoms in total. The first kappa shape index (κ1) is 21.0. The number of hydrogen-bond donors (Lipinski definition) is 1. The van der Waals surface area contributed by atoms with E-state index in [4.69, 9.17) is 14.7 Å². The Morgan fingerprint density at radius 3 is 2.52 bits per heavy atom. The number of aromatic nitrogens is 2. The van der Waals surface area contributed by atoms with E-state index in [0.29, 0.717) is 0 Å². The standard InChI is InChI=1S/C22H35N5OS/c1-16-17(2)29-21-19(16)20(23-15-22(26(3)4)8-6-5-7-9-22)24-18(25-21)14-27-10-12-28-13-11-27/h5-15H2,1-4H3,(H,23,24,25). The van der Waals surface area contributed by atoms with Crippen molar-refractivity contribution in [3.8, 4) is 0 Å². The molecule has 1 aliphatic carbocycles. The van der Waals surface area contributed by atoms with Crippen molar-refractivity contribution in [3.63, 3.8) is 0 Å². The molecule has 29 heavy (non-hydrogen) atoms. The number of anilines is 1. The van der Waals surface area contributed by atoms with Crippen LogP contribution in [0.1, 0.15) is 48.4 Å². The summed E-state index contributed by atoms with van der Waals surface area (Å²) in [5.74, 6) is 1.94. The van der Waals surface area contributed by atoms with Crippen LogP contribution < -0.4 is 5.32 Å². The van der Waals surface area contributed by atoms with Gasteiger partial charge in [0, 0.05) is 30.1 Å². The number of thiophene rings is 1. The van der Waals surface area contributed by atoms with E-state index in [1.165, 1.54) is 47.9 Å². The molecule has 2 aromatic rings. The average molecular weight is 418 g/mol. The molecule has 7 heteroatoms. The minimum atomic E-state index is 0.221. The first-order valence-corrected chi connectivity index (χ1v) is 11.8. The Balaban J connectivity index is 1.62. The van der Waals surface area contributed by atoms with Crippen molar-refractivity contribution in [1.29, 1.82) is 0 Å². The van der Waals surface area contributed by atoms with Crippen LogP contribution in [-0.4, -0.2) is 72.3 Å². The minimum Gasteiger partial charge on any atom is -0.379 e. The van der Waals surface area contributed by atoms with Gasteiger partial charge in [0.05, 0.1) is 25.1 Å². The summed E-state index contributed by atoms with van der Waals surface area (Å²) in [5, 5.41) is 4.99.